The number of pyridine rings is 1. The van der Waals surface area contributed by atoms with Crippen molar-refractivity contribution in [3.8, 4) is 0 Å². The number of halogens is 1. The SMILES string of the molecule is CC(Cc1ccc(F)cc1)NCC(O)c1ccncc1. The van der Waals surface area contributed by atoms with E-state index in [1.807, 2.05) is 6.92 Å². The Morgan fingerprint density at radius 2 is 1.80 bits per heavy atom. The predicted molar refractivity (Wildman–Crippen MR) is 76.8 cm³/mol. The van der Waals surface area contributed by atoms with E-state index in [-0.39, 0.29) is 11.9 Å². The predicted octanol–water partition coefficient (Wildman–Crippen LogP) is 2.47. The molecule has 2 N–H and O–H groups in total. The largest absolute Gasteiger partial charge is 0.387 e. The van der Waals surface area contributed by atoms with Gasteiger partial charge in [0, 0.05) is 25.0 Å². The fourth-order valence-electron chi connectivity index (χ4n) is 2.06. The fourth-order valence-corrected chi connectivity index (χ4v) is 2.06. The van der Waals surface area contributed by atoms with E-state index in [4.69, 9.17) is 0 Å². The van der Waals surface area contributed by atoms with Crippen LogP contribution >= 0.6 is 0 Å². The van der Waals surface area contributed by atoms with Gasteiger partial charge in [-0.3, -0.25) is 4.98 Å². The molecular weight excluding hydrogens is 255 g/mol. The Hall–Kier alpha value is -1.78. The lowest BCUT2D eigenvalue weighted by Gasteiger charge is -2.17. The van der Waals surface area contributed by atoms with Crippen molar-refractivity contribution in [3.63, 3.8) is 0 Å². The van der Waals surface area contributed by atoms with E-state index in [0.29, 0.717) is 6.54 Å². The topological polar surface area (TPSA) is 45.1 Å². The Morgan fingerprint density at radius 1 is 1.15 bits per heavy atom. The van der Waals surface area contributed by atoms with E-state index < -0.39 is 6.10 Å². The average Bonchev–Trinajstić information content (AvgIpc) is 2.48. The molecule has 0 saturated carbocycles. The highest BCUT2D eigenvalue weighted by atomic mass is 19.1. The molecule has 2 unspecified atom stereocenters. The molecule has 0 aliphatic carbocycles. The number of nitrogens with zero attached hydrogens (tertiary/aromatic N) is 1. The van der Waals surface area contributed by atoms with Gasteiger partial charge >= 0.3 is 0 Å². The van der Waals surface area contributed by atoms with Crippen LogP contribution < -0.4 is 5.32 Å². The van der Waals surface area contributed by atoms with Gasteiger partial charge in [0.15, 0.2) is 0 Å². The van der Waals surface area contributed by atoms with Crippen molar-refractivity contribution in [3.05, 3.63) is 65.7 Å². The molecule has 20 heavy (non-hydrogen) atoms. The standard InChI is InChI=1S/C16H19FN2O/c1-12(10-13-2-4-15(17)5-3-13)19-11-16(20)14-6-8-18-9-7-14/h2-9,12,16,19-20H,10-11H2,1H3. The highest BCUT2D eigenvalue weighted by molar-refractivity contribution is 5.17. The van der Waals surface area contributed by atoms with E-state index in [1.54, 1.807) is 36.7 Å². The summed E-state index contributed by atoms with van der Waals surface area (Å²) in [5, 5.41) is 13.3. The van der Waals surface area contributed by atoms with Gasteiger partial charge in [0.25, 0.3) is 0 Å². The Labute approximate surface area is 118 Å². The summed E-state index contributed by atoms with van der Waals surface area (Å²) in [6.45, 7) is 2.52. The summed E-state index contributed by atoms with van der Waals surface area (Å²) in [5.41, 5.74) is 1.92. The van der Waals surface area contributed by atoms with Crippen molar-refractivity contribution in [2.24, 2.45) is 0 Å². The number of hydrogen-bond donors (Lipinski definition) is 2. The van der Waals surface area contributed by atoms with Crippen molar-refractivity contribution < 1.29 is 9.50 Å². The first-order chi connectivity index (χ1) is 9.65. The van der Waals surface area contributed by atoms with Gasteiger partial charge in [-0.2, -0.15) is 0 Å². The first kappa shape index (κ1) is 14.6. The van der Waals surface area contributed by atoms with E-state index in [1.165, 1.54) is 12.1 Å². The maximum atomic E-state index is 12.8. The third-order valence-electron chi connectivity index (χ3n) is 3.21. The van der Waals surface area contributed by atoms with Crippen molar-refractivity contribution in [2.45, 2.75) is 25.5 Å². The van der Waals surface area contributed by atoms with Crippen LogP contribution in [0.3, 0.4) is 0 Å². The number of nitrogens with one attached hydrogen (secondary N) is 1. The highest BCUT2D eigenvalue weighted by Gasteiger charge is 2.09. The van der Waals surface area contributed by atoms with Crippen LogP contribution in [0, 0.1) is 5.82 Å². The van der Waals surface area contributed by atoms with Crippen molar-refractivity contribution in [1.29, 1.82) is 0 Å². The van der Waals surface area contributed by atoms with Gasteiger partial charge in [-0.25, -0.2) is 4.39 Å². The van der Waals surface area contributed by atoms with Gasteiger partial charge < -0.3 is 10.4 Å². The fraction of sp³-hybridized carbons (Fsp3) is 0.312. The second kappa shape index (κ2) is 7.12. The van der Waals surface area contributed by atoms with Gasteiger partial charge in [0.1, 0.15) is 5.82 Å². The minimum atomic E-state index is -0.548. The third-order valence-corrected chi connectivity index (χ3v) is 3.21. The first-order valence-electron chi connectivity index (χ1n) is 6.71. The molecular formula is C16H19FN2O. The highest BCUT2D eigenvalue weighted by Crippen LogP contribution is 2.11. The van der Waals surface area contributed by atoms with Crippen LogP contribution in [0.5, 0.6) is 0 Å². The molecule has 1 aromatic heterocycles. The molecule has 0 amide bonds. The molecule has 4 heteroatoms. The molecule has 0 fully saturated rings. The molecule has 0 aliphatic heterocycles. The van der Waals surface area contributed by atoms with E-state index >= 15 is 0 Å². The second-order valence-corrected chi connectivity index (χ2v) is 4.94. The summed E-state index contributed by atoms with van der Waals surface area (Å²) in [4.78, 5) is 3.92. The van der Waals surface area contributed by atoms with E-state index in [0.717, 1.165) is 17.5 Å². The number of aromatic nitrogens is 1. The zero-order chi connectivity index (χ0) is 14.4. The molecule has 106 valence electrons. The number of aliphatic hydroxyl groups excluding tert-OH is 1. The zero-order valence-corrected chi connectivity index (χ0v) is 11.5. The first-order valence-corrected chi connectivity index (χ1v) is 6.71. The Bertz CT molecular complexity index is 516. The van der Waals surface area contributed by atoms with Gasteiger partial charge in [-0.05, 0) is 48.7 Å². The van der Waals surface area contributed by atoms with Crippen LogP contribution in [0.25, 0.3) is 0 Å². The molecule has 0 radical (unpaired) electrons. The van der Waals surface area contributed by atoms with Gasteiger partial charge in [-0.15, -0.1) is 0 Å². The summed E-state index contributed by atoms with van der Waals surface area (Å²) >= 11 is 0. The molecule has 0 aliphatic rings. The smallest absolute Gasteiger partial charge is 0.123 e. The normalized spacial score (nSPS) is 13.9. The average molecular weight is 274 g/mol. The Balaban J connectivity index is 1.80. The summed E-state index contributed by atoms with van der Waals surface area (Å²) in [6, 6.07) is 10.3. The number of benzene rings is 1. The lowest BCUT2D eigenvalue weighted by molar-refractivity contribution is 0.170. The molecule has 0 spiro atoms. The minimum absolute atomic E-state index is 0.206. The summed E-state index contributed by atoms with van der Waals surface area (Å²) in [5.74, 6) is -0.220. The monoisotopic (exact) mass is 274 g/mol. The summed E-state index contributed by atoms with van der Waals surface area (Å²) < 4.78 is 12.8. The van der Waals surface area contributed by atoms with Crippen LogP contribution in [-0.4, -0.2) is 22.7 Å². The Morgan fingerprint density at radius 3 is 2.45 bits per heavy atom. The maximum absolute atomic E-state index is 12.8. The second-order valence-electron chi connectivity index (χ2n) is 4.94. The summed E-state index contributed by atoms with van der Waals surface area (Å²) in [6.07, 6.45) is 3.58. The van der Waals surface area contributed by atoms with Crippen LogP contribution in [0.1, 0.15) is 24.2 Å². The van der Waals surface area contributed by atoms with E-state index in [9.17, 15) is 9.50 Å². The van der Waals surface area contributed by atoms with Gasteiger partial charge in [0.05, 0.1) is 6.10 Å². The van der Waals surface area contributed by atoms with Crippen LogP contribution in [-0.2, 0) is 6.42 Å². The van der Waals surface area contributed by atoms with Gasteiger partial charge in [-0.1, -0.05) is 12.1 Å². The van der Waals surface area contributed by atoms with Crippen LogP contribution in [0.2, 0.25) is 0 Å². The summed E-state index contributed by atoms with van der Waals surface area (Å²) in [7, 11) is 0. The molecule has 3 nitrogen and oxygen atoms in total. The Kier molecular flexibility index (Phi) is 5.21. The molecule has 0 saturated heterocycles. The van der Waals surface area contributed by atoms with Crippen molar-refractivity contribution in [2.75, 3.05) is 6.54 Å². The molecule has 0 bridgehead atoms. The minimum Gasteiger partial charge on any atom is -0.387 e. The molecule has 1 aromatic carbocycles. The molecule has 2 aromatic rings. The lowest BCUT2D eigenvalue weighted by atomic mass is 10.1. The molecule has 2 atom stereocenters. The quantitative estimate of drug-likeness (QED) is 0.850. The number of rotatable bonds is 6. The molecule has 1 heterocycles. The number of aliphatic hydroxyl groups is 1. The lowest BCUT2D eigenvalue weighted by Crippen LogP contribution is -2.32. The zero-order valence-electron chi connectivity index (χ0n) is 11.5. The van der Waals surface area contributed by atoms with Crippen molar-refractivity contribution >= 4 is 0 Å². The maximum Gasteiger partial charge on any atom is 0.123 e. The van der Waals surface area contributed by atoms with Crippen LogP contribution in [0.15, 0.2) is 48.8 Å². The molecule has 2 rings (SSSR count). The third kappa shape index (κ3) is 4.40. The van der Waals surface area contributed by atoms with E-state index in [2.05, 4.69) is 10.3 Å². The van der Waals surface area contributed by atoms with Crippen molar-refractivity contribution in [1.82, 2.24) is 10.3 Å². The van der Waals surface area contributed by atoms with Gasteiger partial charge in [0.2, 0.25) is 0 Å². The van der Waals surface area contributed by atoms with Crippen LogP contribution in [0.4, 0.5) is 4.39 Å². The number of hydrogen-bond acceptors (Lipinski definition) is 3.